The topological polar surface area (TPSA) is 46.2 Å². The third-order valence-corrected chi connectivity index (χ3v) is 5.17. The van der Waals surface area contributed by atoms with Crippen LogP contribution < -0.4 is 5.73 Å². The highest BCUT2D eigenvalue weighted by Gasteiger charge is 2.16. The number of hydrogen-bond acceptors (Lipinski definition) is 2. The average molecular weight is 328 g/mol. The van der Waals surface area contributed by atoms with E-state index >= 15 is 0 Å². The Morgan fingerprint density at radius 1 is 1.17 bits per heavy atom. The maximum atomic E-state index is 9.20. The Hall–Kier alpha value is -1.30. The molecule has 3 N–H and O–H groups in total. The van der Waals surface area contributed by atoms with Crippen LogP contribution in [0.15, 0.2) is 24.3 Å². The van der Waals surface area contributed by atoms with E-state index in [-0.39, 0.29) is 6.61 Å². The number of aliphatic hydroxyl groups is 1. The predicted molar refractivity (Wildman–Crippen MR) is 102 cm³/mol. The van der Waals surface area contributed by atoms with Crippen LogP contribution in [-0.4, -0.2) is 17.3 Å². The molecule has 0 radical (unpaired) electrons. The van der Waals surface area contributed by atoms with Crippen molar-refractivity contribution < 1.29 is 5.11 Å². The number of nitrogens with two attached hydrogens (primary N) is 1. The standard InChI is InChI=1S/C22H33NO/c1-22(23,18-24)17-16-21-14-12-20(13-15-21)11-7-3-6-10-19-8-4-2-5-9-19/h12-15,19,24H,2-6,8-10,16-18,23H2,1H3. The zero-order valence-electron chi connectivity index (χ0n) is 15.2. The summed E-state index contributed by atoms with van der Waals surface area (Å²) < 4.78 is 0. The number of unbranched alkanes of at least 4 members (excludes halogenated alkanes) is 1. The minimum Gasteiger partial charge on any atom is -0.394 e. The molecule has 2 heteroatoms. The summed E-state index contributed by atoms with van der Waals surface area (Å²) in [5.74, 6) is 7.57. The van der Waals surface area contributed by atoms with Crippen molar-refractivity contribution in [1.82, 2.24) is 0 Å². The van der Waals surface area contributed by atoms with Crippen LogP contribution in [0.2, 0.25) is 0 Å². The van der Waals surface area contributed by atoms with Gasteiger partial charge in [-0.25, -0.2) is 0 Å². The van der Waals surface area contributed by atoms with Crippen LogP contribution in [0.3, 0.4) is 0 Å². The smallest absolute Gasteiger partial charge is 0.0608 e. The van der Waals surface area contributed by atoms with Gasteiger partial charge in [-0.05, 0) is 56.2 Å². The quantitative estimate of drug-likeness (QED) is 0.575. The first-order valence-electron chi connectivity index (χ1n) is 9.57. The molecule has 24 heavy (non-hydrogen) atoms. The molecule has 1 atom stereocenters. The van der Waals surface area contributed by atoms with E-state index in [4.69, 9.17) is 5.73 Å². The number of benzene rings is 1. The van der Waals surface area contributed by atoms with Gasteiger partial charge in [0.05, 0.1) is 6.61 Å². The number of rotatable bonds is 7. The first-order valence-corrected chi connectivity index (χ1v) is 9.57. The summed E-state index contributed by atoms with van der Waals surface area (Å²) in [6.07, 6.45) is 12.5. The number of aryl methyl sites for hydroxylation is 1. The molecule has 0 amide bonds. The van der Waals surface area contributed by atoms with Crippen molar-refractivity contribution >= 4 is 0 Å². The fraction of sp³-hybridized carbons (Fsp3) is 0.636. The molecule has 1 unspecified atom stereocenters. The van der Waals surface area contributed by atoms with Crippen LogP contribution >= 0.6 is 0 Å². The molecule has 0 saturated heterocycles. The second-order valence-electron chi connectivity index (χ2n) is 7.71. The van der Waals surface area contributed by atoms with Gasteiger partial charge in [-0.1, -0.05) is 56.1 Å². The highest BCUT2D eigenvalue weighted by molar-refractivity contribution is 5.36. The minimum atomic E-state index is -0.489. The van der Waals surface area contributed by atoms with Crippen molar-refractivity contribution in [2.75, 3.05) is 6.61 Å². The Balaban J connectivity index is 1.69. The second-order valence-corrected chi connectivity index (χ2v) is 7.71. The molecule has 0 bridgehead atoms. The van der Waals surface area contributed by atoms with Gasteiger partial charge in [0.25, 0.3) is 0 Å². The summed E-state index contributed by atoms with van der Waals surface area (Å²) in [7, 11) is 0. The van der Waals surface area contributed by atoms with Crippen LogP contribution in [0.5, 0.6) is 0 Å². The maximum absolute atomic E-state index is 9.20. The van der Waals surface area contributed by atoms with Crippen molar-refractivity contribution in [3.63, 3.8) is 0 Å². The second kappa shape index (κ2) is 9.87. The number of hydrogen-bond donors (Lipinski definition) is 2. The van der Waals surface area contributed by atoms with Crippen molar-refractivity contribution in [3.05, 3.63) is 35.4 Å². The Kier molecular flexibility index (Phi) is 7.82. The highest BCUT2D eigenvalue weighted by atomic mass is 16.3. The van der Waals surface area contributed by atoms with Crippen molar-refractivity contribution in [2.24, 2.45) is 11.7 Å². The van der Waals surface area contributed by atoms with E-state index in [1.807, 2.05) is 6.92 Å². The van der Waals surface area contributed by atoms with E-state index in [1.165, 1.54) is 50.5 Å². The third-order valence-electron chi connectivity index (χ3n) is 5.17. The Labute approximate surface area is 147 Å². The van der Waals surface area contributed by atoms with E-state index in [0.29, 0.717) is 0 Å². The van der Waals surface area contributed by atoms with Crippen molar-refractivity contribution in [1.29, 1.82) is 0 Å². The lowest BCUT2D eigenvalue weighted by Gasteiger charge is -2.21. The summed E-state index contributed by atoms with van der Waals surface area (Å²) >= 11 is 0. The van der Waals surface area contributed by atoms with Gasteiger partial charge in [0.2, 0.25) is 0 Å². The lowest BCUT2D eigenvalue weighted by molar-refractivity contribution is 0.200. The van der Waals surface area contributed by atoms with E-state index in [2.05, 4.69) is 36.1 Å². The Bertz CT molecular complexity index is 529. The summed E-state index contributed by atoms with van der Waals surface area (Å²) in [6, 6.07) is 8.44. The van der Waals surface area contributed by atoms with Crippen molar-refractivity contribution in [2.45, 2.75) is 76.7 Å². The molecule has 0 aliphatic heterocycles. The van der Waals surface area contributed by atoms with E-state index in [0.717, 1.165) is 30.7 Å². The fourth-order valence-corrected chi connectivity index (χ4v) is 3.38. The van der Waals surface area contributed by atoms with E-state index in [9.17, 15) is 5.11 Å². The van der Waals surface area contributed by atoms with Crippen molar-refractivity contribution in [3.8, 4) is 11.8 Å². The molecule has 0 heterocycles. The Morgan fingerprint density at radius 2 is 1.88 bits per heavy atom. The van der Waals surface area contributed by atoms with Crippen LogP contribution in [-0.2, 0) is 6.42 Å². The zero-order chi connectivity index (χ0) is 17.3. The molecule has 1 aromatic rings. The van der Waals surface area contributed by atoms with Gasteiger partial charge in [-0.2, -0.15) is 0 Å². The monoisotopic (exact) mass is 327 g/mol. The third kappa shape index (κ3) is 7.07. The first-order chi connectivity index (χ1) is 11.6. The maximum Gasteiger partial charge on any atom is 0.0608 e. The molecule has 0 spiro atoms. The zero-order valence-corrected chi connectivity index (χ0v) is 15.2. The summed E-state index contributed by atoms with van der Waals surface area (Å²) in [5, 5.41) is 9.20. The van der Waals surface area contributed by atoms with Gasteiger partial charge >= 0.3 is 0 Å². The van der Waals surface area contributed by atoms with E-state index in [1.54, 1.807) is 0 Å². The van der Waals surface area contributed by atoms with Gasteiger partial charge in [0, 0.05) is 17.5 Å². The molecule has 0 aromatic heterocycles. The van der Waals surface area contributed by atoms with Gasteiger partial charge in [0.1, 0.15) is 0 Å². The lowest BCUT2D eigenvalue weighted by atomic mass is 9.86. The summed E-state index contributed by atoms with van der Waals surface area (Å²) in [5.41, 5.74) is 7.82. The molecule has 1 aliphatic rings. The van der Waals surface area contributed by atoms with Gasteiger partial charge in [-0.15, -0.1) is 0 Å². The molecule has 1 fully saturated rings. The van der Waals surface area contributed by atoms with Gasteiger partial charge in [0.15, 0.2) is 0 Å². The molecule has 132 valence electrons. The normalized spacial score (nSPS) is 17.8. The molecular formula is C22H33NO. The molecular weight excluding hydrogens is 294 g/mol. The van der Waals surface area contributed by atoms with Gasteiger partial charge in [-0.3, -0.25) is 0 Å². The highest BCUT2D eigenvalue weighted by Crippen LogP contribution is 2.27. The lowest BCUT2D eigenvalue weighted by Crippen LogP contribution is -2.40. The summed E-state index contributed by atoms with van der Waals surface area (Å²) in [6.45, 7) is 1.91. The van der Waals surface area contributed by atoms with Crippen LogP contribution in [0.4, 0.5) is 0 Å². The van der Waals surface area contributed by atoms with Crippen LogP contribution in [0.25, 0.3) is 0 Å². The minimum absolute atomic E-state index is 0.0252. The fourth-order valence-electron chi connectivity index (χ4n) is 3.38. The number of aliphatic hydroxyl groups excluding tert-OH is 1. The Morgan fingerprint density at radius 3 is 2.54 bits per heavy atom. The molecule has 2 rings (SSSR count). The average Bonchev–Trinajstić information content (AvgIpc) is 2.62. The van der Waals surface area contributed by atoms with Crippen LogP contribution in [0.1, 0.15) is 75.8 Å². The van der Waals surface area contributed by atoms with E-state index < -0.39 is 5.54 Å². The predicted octanol–water partition coefficient (Wildman–Crippen LogP) is 4.43. The molecule has 1 aliphatic carbocycles. The largest absolute Gasteiger partial charge is 0.394 e. The van der Waals surface area contributed by atoms with Gasteiger partial charge < -0.3 is 10.8 Å². The first kappa shape index (κ1) is 19.0. The molecule has 1 saturated carbocycles. The van der Waals surface area contributed by atoms with Crippen LogP contribution in [0, 0.1) is 17.8 Å². The molecule has 2 nitrogen and oxygen atoms in total. The molecule has 1 aromatic carbocycles. The summed E-state index contributed by atoms with van der Waals surface area (Å²) in [4.78, 5) is 0. The SMILES string of the molecule is CC(N)(CO)CCc1ccc(C#CCCCC2CCCCC2)cc1.